The number of amides is 2. The van der Waals surface area contributed by atoms with Gasteiger partial charge >= 0.3 is 0 Å². The highest BCUT2D eigenvalue weighted by Gasteiger charge is 2.27. The number of sulfonamides is 1. The van der Waals surface area contributed by atoms with Crippen molar-refractivity contribution < 1.29 is 18.0 Å². The fourth-order valence-electron chi connectivity index (χ4n) is 3.54. The van der Waals surface area contributed by atoms with Crippen molar-refractivity contribution in [3.05, 3.63) is 60.2 Å². The van der Waals surface area contributed by atoms with Gasteiger partial charge in [-0.05, 0) is 48.7 Å². The van der Waals surface area contributed by atoms with E-state index in [-0.39, 0.29) is 22.8 Å². The smallest absolute Gasteiger partial charge is 0.269 e. The summed E-state index contributed by atoms with van der Waals surface area (Å²) >= 11 is 0. The number of nitrogens with one attached hydrogen (secondary N) is 2. The number of carbonyl (C=O) groups is 2. The number of rotatable bonds is 8. The van der Waals surface area contributed by atoms with Gasteiger partial charge in [0.05, 0.1) is 11.4 Å². The van der Waals surface area contributed by atoms with Gasteiger partial charge in [-0.1, -0.05) is 30.3 Å². The first kappa shape index (κ1) is 23.5. The summed E-state index contributed by atoms with van der Waals surface area (Å²) in [5.74, 6) is -0.398. The minimum Gasteiger partial charge on any atom is -0.273 e. The number of hydrazine groups is 1. The van der Waals surface area contributed by atoms with E-state index in [1.54, 1.807) is 0 Å². The summed E-state index contributed by atoms with van der Waals surface area (Å²) < 4.78 is 26.6. The topological polar surface area (TPSA) is 139 Å². The maximum absolute atomic E-state index is 12.6. The number of carbonyl (C=O) groups excluding carboxylic acids is 2. The van der Waals surface area contributed by atoms with E-state index in [2.05, 4.69) is 26.3 Å². The zero-order valence-electron chi connectivity index (χ0n) is 18.4. The predicted octanol–water partition coefficient (Wildman–Crippen LogP) is 1.37. The first-order valence-corrected chi connectivity index (χ1v) is 12.4. The number of benzene rings is 2. The summed E-state index contributed by atoms with van der Waals surface area (Å²) in [4.78, 5) is 25.9. The maximum Gasteiger partial charge on any atom is 0.269 e. The number of hydrogen-bond acceptors (Lipinski definition) is 7. The van der Waals surface area contributed by atoms with Crippen LogP contribution in [0.3, 0.4) is 0 Å². The van der Waals surface area contributed by atoms with Crippen molar-refractivity contribution in [2.24, 2.45) is 0 Å². The second kappa shape index (κ2) is 10.5. The standard InChI is InChI=1S/C22H25N7O4S/c30-20(9-6-16-29-26-21(24-27-29)17-7-2-1-3-8-17)23-25-22(31)18-10-12-19(13-11-18)34(32,33)28-14-4-5-15-28/h1-3,7-8,10-13H,4-6,9,14-16H2,(H,23,30)(H,25,31). The third-order valence-electron chi connectivity index (χ3n) is 5.38. The number of tetrazole rings is 1. The Morgan fingerprint density at radius 3 is 2.35 bits per heavy atom. The third kappa shape index (κ3) is 5.64. The summed E-state index contributed by atoms with van der Waals surface area (Å²) in [6.07, 6.45) is 2.30. The second-order valence-corrected chi connectivity index (χ2v) is 9.75. The monoisotopic (exact) mass is 483 g/mol. The van der Waals surface area contributed by atoms with Gasteiger partial charge in [0, 0.05) is 30.6 Å². The maximum atomic E-state index is 12.6. The highest BCUT2D eigenvalue weighted by molar-refractivity contribution is 7.89. The normalized spacial score (nSPS) is 14.1. The van der Waals surface area contributed by atoms with Gasteiger partial charge in [-0.25, -0.2) is 8.42 Å². The zero-order valence-corrected chi connectivity index (χ0v) is 19.2. The molecular formula is C22H25N7O4S. The molecule has 1 fully saturated rings. The molecule has 0 saturated carbocycles. The molecule has 1 aromatic heterocycles. The van der Waals surface area contributed by atoms with Crippen LogP contribution in [0.2, 0.25) is 0 Å². The van der Waals surface area contributed by atoms with Crippen molar-refractivity contribution in [1.82, 2.24) is 35.4 Å². The first-order valence-electron chi connectivity index (χ1n) is 11.0. The van der Waals surface area contributed by atoms with Crippen LogP contribution in [-0.2, 0) is 21.4 Å². The third-order valence-corrected chi connectivity index (χ3v) is 7.29. The lowest BCUT2D eigenvalue weighted by Crippen LogP contribution is -2.41. The van der Waals surface area contributed by atoms with Crippen LogP contribution < -0.4 is 10.9 Å². The molecule has 11 nitrogen and oxygen atoms in total. The average Bonchev–Trinajstić information content (AvgIpc) is 3.56. The summed E-state index contributed by atoms with van der Waals surface area (Å²) in [6.45, 7) is 1.42. The van der Waals surface area contributed by atoms with Gasteiger partial charge in [-0.2, -0.15) is 9.10 Å². The van der Waals surface area contributed by atoms with E-state index in [4.69, 9.17) is 0 Å². The van der Waals surface area contributed by atoms with E-state index >= 15 is 0 Å². The van der Waals surface area contributed by atoms with Gasteiger partial charge in [0.25, 0.3) is 5.91 Å². The van der Waals surface area contributed by atoms with Gasteiger partial charge in [0.2, 0.25) is 21.8 Å². The molecule has 3 aromatic rings. The molecule has 0 aliphatic carbocycles. The molecule has 0 spiro atoms. The molecule has 2 heterocycles. The summed E-state index contributed by atoms with van der Waals surface area (Å²) in [7, 11) is -3.54. The van der Waals surface area contributed by atoms with Crippen molar-refractivity contribution in [2.75, 3.05) is 13.1 Å². The van der Waals surface area contributed by atoms with Crippen molar-refractivity contribution in [3.63, 3.8) is 0 Å². The van der Waals surface area contributed by atoms with Crippen molar-refractivity contribution >= 4 is 21.8 Å². The number of aromatic nitrogens is 4. The molecule has 34 heavy (non-hydrogen) atoms. The lowest BCUT2D eigenvalue weighted by atomic mass is 10.2. The van der Waals surface area contributed by atoms with Gasteiger partial charge in [-0.15, -0.1) is 10.2 Å². The Balaban J connectivity index is 1.21. The van der Waals surface area contributed by atoms with Crippen molar-refractivity contribution in [3.8, 4) is 11.4 Å². The molecule has 2 N–H and O–H groups in total. The largest absolute Gasteiger partial charge is 0.273 e. The van der Waals surface area contributed by atoms with Gasteiger partial charge in [-0.3, -0.25) is 20.4 Å². The summed E-state index contributed by atoms with van der Waals surface area (Å²) in [5, 5.41) is 12.3. The van der Waals surface area contributed by atoms with E-state index in [1.807, 2.05) is 30.3 Å². The van der Waals surface area contributed by atoms with E-state index in [0.29, 0.717) is 31.9 Å². The van der Waals surface area contributed by atoms with Crippen LogP contribution in [0.4, 0.5) is 0 Å². The Hall–Kier alpha value is -3.64. The summed E-state index contributed by atoms with van der Waals surface area (Å²) in [6, 6.07) is 15.1. The van der Waals surface area contributed by atoms with Crippen LogP contribution in [-0.4, -0.2) is 57.8 Å². The molecule has 2 aromatic carbocycles. The molecule has 1 aliphatic heterocycles. The average molecular weight is 484 g/mol. The van der Waals surface area contributed by atoms with Crippen LogP contribution in [0.5, 0.6) is 0 Å². The lowest BCUT2D eigenvalue weighted by molar-refractivity contribution is -0.122. The number of hydrogen-bond donors (Lipinski definition) is 2. The SMILES string of the molecule is O=C(CCCn1nnc(-c2ccccc2)n1)NNC(=O)c1ccc(S(=O)(=O)N2CCCC2)cc1. The van der Waals surface area contributed by atoms with Crippen LogP contribution in [0.15, 0.2) is 59.5 Å². The highest BCUT2D eigenvalue weighted by atomic mass is 32.2. The predicted molar refractivity (Wildman–Crippen MR) is 123 cm³/mol. The van der Waals surface area contributed by atoms with E-state index in [0.717, 1.165) is 18.4 Å². The molecule has 0 atom stereocenters. The molecule has 0 radical (unpaired) electrons. The minimum absolute atomic E-state index is 0.145. The van der Waals surface area contributed by atoms with E-state index in [1.165, 1.54) is 33.4 Å². The Labute approximate surface area is 197 Å². The molecule has 0 unspecified atom stereocenters. The fraction of sp³-hybridized carbons (Fsp3) is 0.318. The van der Waals surface area contributed by atoms with Crippen molar-refractivity contribution in [2.45, 2.75) is 37.1 Å². The lowest BCUT2D eigenvalue weighted by Gasteiger charge is -2.15. The zero-order chi connectivity index (χ0) is 24.0. The van der Waals surface area contributed by atoms with Gasteiger partial charge in [0.15, 0.2) is 0 Å². The van der Waals surface area contributed by atoms with Crippen molar-refractivity contribution in [1.29, 1.82) is 0 Å². The van der Waals surface area contributed by atoms with Gasteiger partial charge < -0.3 is 0 Å². The highest BCUT2D eigenvalue weighted by Crippen LogP contribution is 2.21. The Kier molecular flexibility index (Phi) is 7.28. The van der Waals surface area contributed by atoms with Gasteiger partial charge in [0.1, 0.15) is 0 Å². The quantitative estimate of drug-likeness (QED) is 0.461. The number of aryl methyl sites for hydroxylation is 1. The fourth-order valence-corrected chi connectivity index (χ4v) is 5.06. The minimum atomic E-state index is -3.54. The summed E-state index contributed by atoms with van der Waals surface area (Å²) in [5.41, 5.74) is 5.79. The molecule has 12 heteroatoms. The van der Waals surface area contributed by atoms with Crippen LogP contribution in [0.25, 0.3) is 11.4 Å². The van der Waals surface area contributed by atoms with Crippen LogP contribution >= 0.6 is 0 Å². The molecular weight excluding hydrogens is 458 g/mol. The molecule has 1 saturated heterocycles. The Bertz CT molecular complexity index is 1240. The van der Waals surface area contributed by atoms with Crippen LogP contribution in [0, 0.1) is 0 Å². The molecule has 178 valence electrons. The van der Waals surface area contributed by atoms with E-state index < -0.39 is 15.9 Å². The Morgan fingerprint density at radius 1 is 0.941 bits per heavy atom. The first-order chi connectivity index (χ1) is 16.4. The van der Waals surface area contributed by atoms with E-state index in [9.17, 15) is 18.0 Å². The Morgan fingerprint density at radius 2 is 1.65 bits per heavy atom. The molecule has 4 rings (SSSR count). The molecule has 2 amide bonds. The molecule has 0 bridgehead atoms. The van der Waals surface area contributed by atoms with Crippen LogP contribution in [0.1, 0.15) is 36.0 Å². The molecule has 1 aliphatic rings. The number of nitrogens with zero attached hydrogens (tertiary/aromatic N) is 5. The second-order valence-electron chi connectivity index (χ2n) is 7.82.